The van der Waals surface area contributed by atoms with Gasteiger partial charge in [-0.3, -0.25) is 14.6 Å². The van der Waals surface area contributed by atoms with Crippen LogP contribution in [-0.2, 0) is 22.6 Å². The summed E-state index contributed by atoms with van der Waals surface area (Å²) in [6, 6.07) is 11.7. The van der Waals surface area contributed by atoms with Crippen LogP contribution in [0.25, 0.3) is 0 Å². The van der Waals surface area contributed by atoms with Gasteiger partial charge in [0, 0.05) is 36.8 Å². The molecule has 0 saturated carbocycles. The number of nitrogens with zero attached hydrogens (tertiary/aromatic N) is 1. The first kappa shape index (κ1) is 17.5. The van der Waals surface area contributed by atoms with Crippen molar-refractivity contribution in [2.24, 2.45) is 0 Å². The topological polar surface area (TPSA) is 71.1 Å². The number of para-hydroxylation sites is 1. The Morgan fingerprint density at radius 1 is 1.28 bits per heavy atom. The molecule has 25 heavy (non-hydrogen) atoms. The van der Waals surface area contributed by atoms with Crippen LogP contribution in [0.2, 0.25) is 0 Å². The van der Waals surface area contributed by atoms with Gasteiger partial charge in [0.25, 0.3) is 0 Å². The maximum atomic E-state index is 12.3. The Bertz CT molecular complexity index is 736. The Hall–Kier alpha value is -2.34. The van der Waals surface area contributed by atoms with Gasteiger partial charge in [0.2, 0.25) is 11.8 Å². The van der Waals surface area contributed by atoms with Crippen LogP contribution in [0, 0.1) is 0 Å². The molecular weight excluding hydrogens is 334 g/mol. The third-order valence-corrected chi connectivity index (χ3v) is 5.40. The Labute approximate surface area is 151 Å². The van der Waals surface area contributed by atoms with Gasteiger partial charge in [0.15, 0.2) is 0 Å². The van der Waals surface area contributed by atoms with E-state index in [4.69, 9.17) is 0 Å². The highest BCUT2D eigenvalue weighted by Gasteiger charge is 2.23. The minimum Gasteiger partial charge on any atom is -0.352 e. The summed E-state index contributed by atoms with van der Waals surface area (Å²) < 4.78 is 0. The minimum absolute atomic E-state index is 0.00586. The second-order valence-corrected chi connectivity index (χ2v) is 7.24. The van der Waals surface area contributed by atoms with E-state index in [1.807, 2.05) is 30.3 Å². The van der Waals surface area contributed by atoms with Gasteiger partial charge in [-0.1, -0.05) is 24.3 Å². The molecule has 0 aliphatic carbocycles. The Balaban J connectivity index is 1.41. The second kappa shape index (κ2) is 8.67. The summed E-state index contributed by atoms with van der Waals surface area (Å²) in [5.74, 6) is 0.659. The number of thioether (sulfide) groups is 1. The van der Waals surface area contributed by atoms with E-state index in [0.29, 0.717) is 18.7 Å². The lowest BCUT2D eigenvalue weighted by atomic mass is 10.1. The van der Waals surface area contributed by atoms with Crippen molar-refractivity contribution in [2.45, 2.75) is 31.1 Å². The molecule has 1 unspecified atom stereocenters. The number of aryl methyl sites for hydroxylation is 1. The van der Waals surface area contributed by atoms with Crippen molar-refractivity contribution in [1.29, 1.82) is 0 Å². The van der Waals surface area contributed by atoms with E-state index in [1.54, 1.807) is 24.2 Å². The van der Waals surface area contributed by atoms with Crippen LogP contribution in [-0.4, -0.2) is 27.8 Å². The SMILES string of the molecule is O=C(CCSC1CCc2ccccc2NC1=O)NCc1cccnc1. The number of anilines is 1. The quantitative estimate of drug-likeness (QED) is 0.836. The smallest absolute Gasteiger partial charge is 0.237 e. The number of fused-ring (bicyclic) bond motifs is 1. The highest BCUT2D eigenvalue weighted by Crippen LogP contribution is 2.27. The molecule has 1 aliphatic heterocycles. The minimum atomic E-state index is -0.112. The number of benzene rings is 1. The average Bonchev–Trinajstić information content (AvgIpc) is 2.80. The molecule has 2 aromatic rings. The van der Waals surface area contributed by atoms with E-state index >= 15 is 0 Å². The number of hydrogen-bond donors (Lipinski definition) is 2. The number of hydrogen-bond acceptors (Lipinski definition) is 4. The van der Waals surface area contributed by atoms with Gasteiger partial charge >= 0.3 is 0 Å². The number of rotatable bonds is 6. The molecule has 0 fully saturated rings. The number of amides is 2. The maximum Gasteiger partial charge on any atom is 0.237 e. The van der Waals surface area contributed by atoms with Crippen LogP contribution in [0.5, 0.6) is 0 Å². The largest absolute Gasteiger partial charge is 0.352 e. The summed E-state index contributed by atoms with van der Waals surface area (Å²) >= 11 is 1.55. The number of carbonyl (C=O) groups is 2. The van der Waals surface area contributed by atoms with E-state index in [1.165, 1.54) is 5.56 Å². The van der Waals surface area contributed by atoms with Crippen LogP contribution in [0.1, 0.15) is 24.0 Å². The van der Waals surface area contributed by atoms with Gasteiger partial charge in [-0.2, -0.15) is 0 Å². The van der Waals surface area contributed by atoms with Crippen molar-refractivity contribution in [1.82, 2.24) is 10.3 Å². The first-order chi connectivity index (χ1) is 12.2. The molecule has 2 amide bonds. The lowest BCUT2D eigenvalue weighted by Gasteiger charge is -2.12. The predicted octanol–water partition coefficient (Wildman–Crippen LogP) is 2.77. The third kappa shape index (κ3) is 5.06. The molecule has 5 nitrogen and oxygen atoms in total. The van der Waals surface area contributed by atoms with Crippen LogP contribution < -0.4 is 10.6 Å². The summed E-state index contributed by atoms with van der Waals surface area (Å²) in [6.07, 6.45) is 5.52. The van der Waals surface area contributed by atoms with Gasteiger partial charge < -0.3 is 10.6 Å². The number of nitrogens with one attached hydrogen (secondary N) is 2. The summed E-state index contributed by atoms with van der Waals surface area (Å²) in [5.41, 5.74) is 3.06. The van der Waals surface area contributed by atoms with Crippen LogP contribution in [0.15, 0.2) is 48.8 Å². The molecule has 0 radical (unpaired) electrons. The van der Waals surface area contributed by atoms with Crippen molar-refractivity contribution >= 4 is 29.3 Å². The Morgan fingerprint density at radius 3 is 3.00 bits per heavy atom. The lowest BCUT2D eigenvalue weighted by molar-refractivity contribution is -0.121. The summed E-state index contributed by atoms with van der Waals surface area (Å²) in [5, 5.41) is 5.76. The monoisotopic (exact) mass is 355 g/mol. The summed E-state index contributed by atoms with van der Waals surface area (Å²) in [4.78, 5) is 28.3. The molecule has 6 heteroatoms. The summed E-state index contributed by atoms with van der Waals surface area (Å²) in [7, 11) is 0. The molecule has 0 saturated heterocycles. The molecule has 2 N–H and O–H groups in total. The fourth-order valence-corrected chi connectivity index (χ4v) is 3.82. The predicted molar refractivity (Wildman–Crippen MR) is 100 cm³/mol. The number of aromatic nitrogens is 1. The van der Waals surface area contributed by atoms with Crippen molar-refractivity contribution in [3.63, 3.8) is 0 Å². The Morgan fingerprint density at radius 2 is 2.16 bits per heavy atom. The second-order valence-electron chi connectivity index (χ2n) is 5.93. The van der Waals surface area contributed by atoms with Crippen molar-refractivity contribution < 1.29 is 9.59 Å². The molecule has 0 bridgehead atoms. The highest BCUT2D eigenvalue weighted by atomic mass is 32.2. The molecule has 1 aliphatic rings. The maximum absolute atomic E-state index is 12.3. The Kier molecular flexibility index (Phi) is 6.06. The van der Waals surface area contributed by atoms with Crippen LogP contribution in [0.3, 0.4) is 0 Å². The molecule has 1 aromatic carbocycles. The third-order valence-electron chi connectivity index (χ3n) is 4.10. The molecule has 3 rings (SSSR count). The lowest BCUT2D eigenvalue weighted by Crippen LogP contribution is -2.26. The zero-order valence-corrected chi connectivity index (χ0v) is 14.7. The molecule has 2 heterocycles. The van der Waals surface area contributed by atoms with Gasteiger partial charge in [0.05, 0.1) is 5.25 Å². The van der Waals surface area contributed by atoms with Crippen LogP contribution >= 0.6 is 11.8 Å². The highest BCUT2D eigenvalue weighted by molar-refractivity contribution is 8.00. The van der Waals surface area contributed by atoms with E-state index in [9.17, 15) is 9.59 Å². The van der Waals surface area contributed by atoms with Crippen molar-refractivity contribution in [3.05, 3.63) is 59.9 Å². The standard InChI is InChI=1S/C19H21N3O2S/c23-18(21-13-14-4-3-10-20-12-14)9-11-25-17-8-7-15-5-1-2-6-16(15)22-19(17)24/h1-6,10,12,17H,7-9,11,13H2,(H,21,23)(H,22,24). The van der Waals surface area contributed by atoms with E-state index < -0.39 is 0 Å². The fourth-order valence-electron chi connectivity index (χ4n) is 2.74. The van der Waals surface area contributed by atoms with Gasteiger partial charge in [-0.15, -0.1) is 11.8 Å². The zero-order valence-electron chi connectivity index (χ0n) is 13.9. The first-order valence-electron chi connectivity index (χ1n) is 8.38. The van der Waals surface area contributed by atoms with Crippen molar-refractivity contribution in [2.75, 3.05) is 11.1 Å². The normalized spacial score (nSPS) is 16.5. The molecule has 0 spiro atoms. The number of pyridine rings is 1. The molecule has 1 aromatic heterocycles. The average molecular weight is 355 g/mol. The van der Waals surface area contributed by atoms with Gasteiger partial charge in [0.1, 0.15) is 0 Å². The first-order valence-corrected chi connectivity index (χ1v) is 9.43. The van der Waals surface area contributed by atoms with E-state index in [2.05, 4.69) is 21.7 Å². The van der Waals surface area contributed by atoms with Crippen LogP contribution in [0.4, 0.5) is 5.69 Å². The van der Waals surface area contributed by atoms with E-state index in [-0.39, 0.29) is 17.1 Å². The van der Waals surface area contributed by atoms with E-state index in [0.717, 1.165) is 24.1 Å². The fraction of sp³-hybridized carbons (Fsp3) is 0.316. The molecule has 130 valence electrons. The number of carbonyl (C=O) groups excluding carboxylic acids is 2. The van der Waals surface area contributed by atoms with Gasteiger partial charge in [-0.05, 0) is 36.1 Å². The molecule has 1 atom stereocenters. The van der Waals surface area contributed by atoms with Gasteiger partial charge in [-0.25, -0.2) is 0 Å². The zero-order chi connectivity index (χ0) is 17.5. The summed E-state index contributed by atoms with van der Waals surface area (Å²) in [6.45, 7) is 0.483. The molecular formula is C19H21N3O2S. The van der Waals surface area contributed by atoms with Crippen molar-refractivity contribution in [3.8, 4) is 0 Å².